The Morgan fingerprint density at radius 3 is 2.92 bits per heavy atom. The molecule has 0 spiro atoms. The van der Waals surface area contributed by atoms with Gasteiger partial charge in [0.1, 0.15) is 0 Å². The predicted octanol–water partition coefficient (Wildman–Crippen LogP) is 0.198. The number of hydrogen-bond acceptors (Lipinski definition) is 3. The van der Waals surface area contributed by atoms with Crippen LogP contribution in [0.1, 0.15) is 19.8 Å². The van der Waals surface area contributed by atoms with E-state index in [1.54, 1.807) is 0 Å². The zero-order chi connectivity index (χ0) is 8.60. The van der Waals surface area contributed by atoms with Gasteiger partial charge in [0.25, 0.3) is 0 Å². The summed E-state index contributed by atoms with van der Waals surface area (Å²) < 4.78 is 5.46. The minimum Gasteiger partial charge on any atom is -0.376 e. The molecule has 0 bridgehead atoms. The number of nitrogens with zero attached hydrogens (tertiary/aromatic N) is 1. The maximum atomic E-state index is 6.04. The van der Waals surface area contributed by atoms with Gasteiger partial charge in [0.15, 0.2) is 0 Å². The molecular formula is C9H18N2O. The van der Waals surface area contributed by atoms with Crippen molar-refractivity contribution in [3.05, 3.63) is 0 Å². The first-order valence-corrected chi connectivity index (χ1v) is 4.81. The van der Waals surface area contributed by atoms with E-state index < -0.39 is 0 Å². The molecule has 2 fully saturated rings. The van der Waals surface area contributed by atoms with E-state index >= 15 is 0 Å². The van der Waals surface area contributed by atoms with Crippen molar-refractivity contribution in [3.63, 3.8) is 0 Å². The van der Waals surface area contributed by atoms with Crippen LogP contribution in [0.15, 0.2) is 0 Å². The Morgan fingerprint density at radius 1 is 1.58 bits per heavy atom. The molecule has 0 aromatic rings. The molecule has 0 aromatic carbocycles. The highest BCUT2D eigenvalue weighted by atomic mass is 16.5. The normalized spacial score (nSPS) is 35.0. The molecule has 0 amide bonds. The highest BCUT2D eigenvalue weighted by Gasteiger charge is 2.40. The molecule has 1 aliphatic carbocycles. The lowest BCUT2D eigenvalue weighted by molar-refractivity contribution is -0.0207. The first-order valence-electron chi connectivity index (χ1n) is 4.81. The fourth-order valence-electron chi connectivity index (χ4n) is 1.80. The SMILES string of the molecule is CC1CN(CC2(N)CC2)CCO1. The zero-order valence-electron chi connectivity index (χ0n) is 7.75. The van der Waals surface area contributed by atoms with Gasteiger partial charge < -0.3 is 10.5 Å². The monoisotopic (exact) mass is 170 g/mol. The van der Waals surface area contributed by atoms with Gasteiger partial charge in [0.2, 0.25) is 0 Å². The molecule has 2 rings (SSSR count). The van der Waals surface area contributed by atoms with E-state index in [1.807, 2.05) is 0 Å². The minimum absolute atomic E-state index is 0.164. The number of nitrogens with two attached hydrogens (primary N) is 1. The van der Waals surface area contributed by atoms with Crippen LogP contribution in [0, 0.1) is 0 Å². The van der Waals surface area contributed by atoms with E-state index in [2.05, 4.69) is 11.8 Å². The van der Waals surface area contributed by atoms with Crippen molar-refractivity contribution in [1.82, 2.24) is 4.90 Å². The van der Waals surface area contributed by atoms with Gasteiger partial charge in [-0.05, 0) is 19.8 Å². The lowest BCUT2D eigenvalue weighted by Gasteiger charge is -2.32. The van der Waals surface area contributed by atoms with Crippen molar-refractivity contribution < 1.29 is 4.74 Å². The smallest absolute Gasteiger partial charge is 0.0674 e. The third kappa shape index (κ3) is 1.97. The molecule has 1 saturated heterocycles. The predicted molar refractivity (Wildman–Crippen MR) is 48.0 cm³/mol. The molecule has 1 atom stereocenters. The molecule has 70 valence electrons. The van der Waals surface area contributed by atoms with Crippen LogP contribution >= 0.6 is 0 Å². The fourth-order valence-corrected chi connectivity index (χ4v) is 1.80. The number of morpholine rings is 1. The first-order chi connectivity index (χ1) is 5.68. The van der Waals surface area contributed by atoms with Crippen molar-refractivity contribution in [1.29, 1.82) is 0 Å². The van der Waals surface area contributed by atoms with Gasteiger partial charge >= 0.3 is 0 Å². The number of hydrogen-bond donors (Lipinski definition) is 1. The van der Waals surface area contributed by atoms with Crippen molar-refractivity contribution in [2.45, 2.75) is 31.4 Å². The molecular weight excluding hydrogens is 152 g/mol. The van der Waals surface area contributed by atoms with Gasteiger partial charge in [-0.3, -0.25) is 4.90 Å². The largest absolute Gasteiger partial charge is 0.376 e. The van der Waals surface area contributed by atoms with E-state index in [9.17, 15) is 0 Å². The van der Waals surface area contributed by atoms with Crippen LogP contribution in [0.25, 0.3) is 0 Å². The van der Waals surface area contributed by atoms with Gasteiger partial charge in [0.05, 0.1) is 12.7 Å². The zero-order valence-corrected chi connectivity index (χ0v) is 7.75. The first kappa shape index (κ1) is 8.48. The summed E-state index contributed by atoms with van der Waals surface area (Å²) in [5.74, 6) is 0. The summed E-state index contributed by atoms with van der Waals surface area (Å²) in [6.45, 7) is 6.18. The maximum Gasteiger partial charge on any atom is 0.0674 e. The van der Waals surface area contributed by atoms with Crippen molar-refractivity contribution in [2.24, 2.45) is 5.73 Å². The molecule has 1 saturated carbocycles. The quantitative estimate of drug-likeness (QED) is 0.643. The third-order valence-electron chi connectivity index (χ3n) is 2.76. The van der Waals surface area contributed by atoms with Gasteiger partial charge in [0, 0.05) is 25.2 Å². The Labute approximate surface area is 73.9 Å². The highest BCUT2D eigenvalue weighted by molar-refractivity contribution is 5.01. The number of ether oxygens (including phenoxy) is 1. The van der Waals surface area contributed by atoms with E-state index in [4.69, 9.17) is 10.5 Å². The fraction of sp³-hybridized carbons (Fsp3) is 1.00. The second-order valence-corrected chi connectivity index (χ2v) is 4.28. The van der Waals surface area contributed by atoms with E-state index in [1.165, 1.54) is 12.8 Å². The summed E-state index contributed by atoms with van der Waals surface area (Å²) in [6, 6.07) is 0. The van der Waals surface area contributed by atoms with Crippen LogP contribution < -0.4 is 5.73 Å². The lowest BCUT2D eigenvalue weighted by atomic mass is 10.2. The molecule has 2 N–H and O–H groups in total. The third-order valence-corrected chi connectivity index (χ3v) is 2.76. The van der Waals surface area contributed by atoms with Gasteiger partial charge in [-0.2, -0.15) is 0 Å². The second kappa shape index (κ2) is 2.98. The maximum absolute atomic E-state index is 6.04. The topological polar surface area (TPSA) is 38.5 Å². The minimum atomic E-state index is 0.164. The van der Waals surface area contributed by atoms with Crippen molar-refractivity contribution in [3.8, 4) is 0 Å². The van der Waals surface area contributed by atoms with E-state index in [0.717, 1.165) is 26.2 Å². The van der Waals surface area contributed by atoms with Gasteiger partial charge in [-0.25, -0.2) is 0 Å². The average Bonchev–Trinajstić information content (AvgIpc) is 2.67. The summed E-state index contributed by atoms with van der Waals surface area (Å²) in [5.41, 5.74) is 6.20. The Hall–Kier alpha value is -0.120. The summed E-state index contributed by atoms with van der Waals surface area (Å²) >= 11 is 0. The van der Waals surface area contributed by atoms with Crippen LogP contribution in [0.2, 0.25) is 0 Å². The standard InChI is InChI=1S/C9H18N2O/c1-8-6-11(4-5-12-8)7-9(10)2-3-9/h8H,2-7,10H2,1H3. The van der Waals surface area contributed by atoms with Crippen LogP contribution in [-0.2, 0) is 4.74 Å². The Morgan fingerprint density at radius 2 is 2.33 bits per heavy atom. The Balaban J connectivity index is 1.79. The van der Waals surface area contributed by atoms with Crippen LogP contribution in [0.5, 0.6) is 0 Å². The average molecular weight is 170 g/mol. The number of rotatable bonds is 2. The summed E-state index contributed by atoms with van der Waals surface area (Å²) in [7, 11) is 0. The van der Waals surface area contributed by atoms with Crippen molar-refractivity contribution >= 4 is 0 Å². The molecule has 1 heterocycles. The van der Waals surface area contributed by atoms with Crippen molar-refractivity contribution in [2.75, 3.05) is 26.2 Å². The van der Waals surface area contributed by atoms with Crippen LogP contribution in [0.3, 0.4) is 0 Å². The molecule has 3 nitrogen and oxygen atoms in total. The van der Waals surface area contributed by atoms with E-state index in [0.29, 0.717) is 6.10 Å². The van der Waals surface area contributed by atoms with Crippen LogP contribution in [-0.4, -0.2) is 42.8 Å². The highest BCUT2D eigenvalue weighted by Crippen LogP contribution is 2.33. The summed E-state index contributed by atoms with van der Waals surface area (Å²) in [5, 5.41) is 0. The van der Waals surface area contributed by atoms with E-state index in [-0.39, 0.29) is 5.54 Å². The van der Waals surface area contributed by atoms with Crippen LogP contribution in [0.4, 0.5) is 0 Å². The summed E-state index contributed by atoms with van der Waals surface area (Å²) in [4.78, 5) is 2.43. The van der Waals surface area contributed by atoms with Gasteiger partial charge in [-0.1, -0.05) is 0 Å². The lowest BCUT2D eigenvalue weighted by Crippen LogP contribution is -2.47. The molecule has 12 heavy (non-hydrogen) atoms. The molecule has 2 aliphatic rings. The molecule has 3 heteroatoms. The summed E-state index contributed by atoms with van der Waals surface area (Å²) in [6.07, 6.45) is 2.80. The molecule has 0 aromatic heterocycles. The Bertz CT molecular complexity index is 168. The Kier molecular flexibility index (Phi) is 2.10. The molecule has 0 radical (unpaired) electrons. The molecule has 1 aliphatic heterocycles. The molecule has 1 unspecified atom stereocenters. The van der Waals surface area contributed by atoms with Gasteiger partial charge in [-0.15, -0.1) is 0 Å². The second-order valence-electron chi connectivity index (χ2n) is 4.28.